The first kappa shape index (κ1) is 12.0. The standard InChI is InChI=1S/C10H19FO2S/c1-10(2)6-3-9(4-7-10)5-8-14(11,12)13/h9H,3-8H2,1-2H3. The summed E-state index contributed by atoms with van der Waals surface area (Å²) < 4.78 is 32.9. The van der Waals surface area contributed by atoms with Gasteiger partial charge in [0, 0.05) is 0 Å². The van der Waals surface area contributed by atoms with Crippen LogP contribution in [0.15, 0.2) is 0 Å². The topological polar surface area (TPSA) is 34.1 Å². The summed E-state index contributed by atoms with van der Waals surface area (Å²) in [5.41, 5.74) is 0.394. The van der Waals surface area contributed by atoms with Crippen molar-refractivity contribution in [3.05, 3.63) is 0 Å². The van der Waals surface area contributed by atoms with Crippen LogP contribution in [0, 0.1) is 11.3 Å². The molecule has 0 aliphatic heterocycles. The van der Waals surface area contributed by atoms with E-state index in [4.69, 9.17) is 0 Å². The normalized spacial score (nSPS) is 23.6. The summed E-state index contributed by atoms with van der Waals surface area (Å²) >= 11 is 0. The smallest absolute Gasteiger partial charge is 0.195 e. The van der Waals surface area contributed by atoms with Crippen molar-refractivity contribution in [2.24, 2.45) is 11.3 Å². The molecule has 14 heavy (non-hydrogen) atoms. The summed E-state index contributed by atoms with van der Waals surface area (Å²) in [6.07, 6.45) is 4.84. The molecule has 1 saturated carbocycles. The molecular formula is C10H19FO2S. The highest BCUT2D eigenvalue weighted by Gasteiger charge is 2.27. The van der Waals surface area contributed by atoms with Gasteiger partial charge in [-0.3, -0.25) is 0 Å². The molecule has 0 saturated heterocycles. The number of hydrogen-bond donors (Lipinski definition) is 0. The minimum absolute atomic E-state index is 0.294. The van der Waals surface area contributed by atoms with Crippen LogP contribution in [0.5, 0.6) is 0 Å². The van der Waals surface area contributed by atoms with Crippen molar-refractivity contribution in [2.75, 3.05) is 5.75 Å². The third kappa shape index (κ3) is 4.40. The second-order valence-corrected chi connectivity index (χ2v) is 6.63. The molecule has 0 amide bonds. The molecule has 0 spiro atoms. The Balaban J connectivity index is 2.30. The predicted octanol–water partition coefficient (Wildman–Crippen LogP) is 2.89. The fourth-order valence-corrected chi connectivity index (χ4v) is 2.67. The van der Waals surface area contributed by atoms with E-state index in [1.54, 1.807) is 0 Å². The quantitative estimate of drug-likeness (QED) is 0.688. The molecule has 0 unspecified atom stereocenters. The van der Waals surface area contributed by atoms with E-state index in [1.165, 1.54) is 0 Å². The average molecular weight is 222 g/mol. The lowest BCUT2D eigenvalue weighted by molar-refractivity contribution is 0.188. The van der Waals surface area contributed by atoms with Crippen LogP contribution in [0.1, 0.15) is 46.0 Å². The summed E-state index contributed by atoms with van der Waals surface area (Å²) in [4.78, 5) is 0. The lowest BCUT2D eigenvalue weighted by atomic mass is 9.72. The van der Waals surface area contributed by atoms with E-state index in [2.05, 4.69) is 13.8 Å². The van der Waals surface area contributed by atoms with Gasteiger partial charge in [0.2, 0.25) is 0 Å². The molecule has 0 aromatic heterocycles. The van der Waals surface area contributed by atoms with Crippen molar-refractivity contribution in [2.45, 2.75) is 46.0 Å². The Bertz CT molecular complexity index is 272. The van der Waals surface area contributed by atoms with Crippen molar-refractivity contribution in [3.63, 3.8) is 0 Å². The Kier molecular flexibility index (Phi) is 3.56. The molecule has 0 N–H and O–H groups in total. The van der Waals surface area contributed by atoms with Crippen LogP contribution in [0.25, 0.3) is 0 Å². The first-order valence-corrected chi connectivity index (χ1v) is 6.76. The van der Waals surface area contributed by atoms with E-state index in [0.717, 1.165) is 25.7 Å². The summed E-state index contributed by atoms with van der Waals surface area (Å²) in [5.74, 6) is 0.117. The summed E-state index contributed by atoms with van der Waals surface area (Å²) in [5, 5.41) is 0. The average Bonchev–Trinajstić information content (AvgIpc) is 2.01. The maximum absolute atomic E-state index is 12.3. The van der Waals surface area contributed by atoms with E-state index < -0.39 is 10.2 Å². The van der Waals surface area contributed by atoms with Gasteiger partial charge < -0.3 is 0 Å². The van der Waals surface area contributed by atoms with Crippen molar-refractivity contribution >= 4 is 10.2 Å². The predicted molar refractivity (Wildman–Crippen MR) is 55.3 cm³/mol. The van der Waals surface area contributed by atoms with Gasteiger partial charge in [0.15, 0.2) is 0 Å². The van der Waals surface area contributed by atoms with Crippen LogP contribution in [0.3, 0.4) is 0 Å². The first-order valence-electron chi connectivity index (χ1n) is 5.21. The second kappa shape index (κ2) is 4.17. The molecule has 4 heteroatoms. The van der Waals surface area contributed by atoms with Gasteiger partial charge in [-0.1, -0.05) is 13.8 Å². The molecule has 0 bridgehead atoms. The van der Waals surface area contributed by atoms with Crippen molar-refractivity contribution in [1.82, 2.24) is 0 Å². The highest BCUT2D eigenvalue weighted by molar-refractivity contribution is 7.86. The second-order valence-electron chi connectivity index (χ2n) is 5.14. The van der Waals surface area contributed by atoms with Gasteiger partial charge in [0.25, 0.3) is 0 Å². The van der Waals surface area contributed by atoms with Gasteiger partial charge in [0.1, 0.15) is 0 Å². The van der Waals surface area contributed by atoms with Gasteiger partial charge in [0.05, 0.1) is 5.75 Å². The van der Waals surface area contributed by atoms with E-state index in [-0.39, 0.29) is 5.75 Å². The molecule has 1 aliphatic carbocycles. The van der Waals surface area contributed by atoms with Crippen LogP contribution in [0.2, 0.25) is 0 Å². The largest absolute Gasteiger partial charge is 0.302 e. The fourth-order valence-electron chi connectivity index (χ4n) is 2.06. The van der Waals surface area contributed by atoms with Crippen LogP contribution in [0.4, 0.5) is 3.89 Å². The van der Waals surface area contributed by atoms with Gasteiger partial charge >= 0.3 is 10.2 Å². The van der Waals surface area contributed by atoms with Gasteiger partial charge in [-0.2, -0.15) is 8.42 Å². The van der Waals surface area contributed by atoms with Crippen LogP contribution in [-0.4, -0.2) is 14.2 Å². The Labute approximate surface area is 86.1 Å². The molecular weight excluding hydrogens is 203 g/mol. The minimum Gasteiger partial charge on any atom is -0.195 e. The van der Waals surface area contributed by atoms with E-state index in [1.807, 2.05) is 0 Å². The Morgan fingerprint density at radius 1 is 1.29 bits per heavy atom. The summed E-state index contributed by atoms with van der Waals surface area (Å²) in [6, 6.07) is 0. The highest BCUT2D eigenvalue weighted by atomic mass is 32.3. The zero-order valence-corrected chi connectivity index (χ0v) is 9.74. The molecule has 1 rings (SSSR count). The SMILES string of the molecule is CC1(C)CCC(CCS(=O)(=O)F)CC1. The third-order valence-corrected chi connectivity index (χ3v) is 3.95. The highest BCUT2D eigenvalue weighted by Crippen LogP contribution is 2.39. The molecule has 84 valence electrons. The molecule has 0 radical (unpaired) electrons. The maximum Gasteiger partial charge on any atom is 0.302 e. The number of halogens is 1. The molecule has 1 fully saturated rings. The van der Waals surface area contributed by atoms with Gasteiger partial charge in [-0.05, 0) is 43.4 Å². The Hall–Kier alpha value is -0.120. The lowest BCUT2D eigenvalue weighted by Crippen LogP contribution is -2.22. The van der Waals surface area contributed by atoms with Crippen LogP contribution in [-0.2, 0) is 10.2 Å². The number of rotatable bonds is 3. The van der Waals surface area contributed by atoms with Crippen LogP contribution < -0.4 is 0 Å². The summed E-state index contributed by atoms with van der Waals surface area (Å²) in [7, 11) is -4.25. The Morgan fingerprint density at radius 3 is 2.21 bits per heavy atom. The van der Waals surface area contributed by atoms with Gasteiger partial charge in [-0.15, -0.1) is 3.89 Å². The summed E-state index contributed by atoms with van der Waals surface area (Å²) in [6.45, 7) is 4.46. The molecule has 2 nitrogen and oxygen atoms in total. The van der Waals surface area contributed by atoms with E-state index in [9.17, 15) is 12.3 Å². The monoisotopic (exact) mass is 222 g/mol. The van der Waals surface area contributed by atoms with Crippen molar-refractivity contribution in [1.29, 1.82) is 0 Å². The first-order chi connectivity index (χ1) is 6.29. The molecule has 0 heterocycles. The molecule has 0 atom stereocenters. The van der Waals surface area contributed by atoms with Crippen molar-refractivity contribution in [3.8, 4) is 0 Å². The van der Waals surface area contributed by atoms with Crippen LogP contribution >= 0.6 is 0 Å². The Morgan fingerprint density at radius 2 is 1.79 bits per heavy atom. The van der Waals surface area contributed by atoms with E-state index in [0.29, 0.717) is 17.8 Å². The lowest BCUT2D eigenvalue weighted by Gasteiger charge is -2.34. The fraction of sp³-hybridized carbons (Fsp3) is 1.00. The molecule has 0 aromatic carbocycles. The van der Waals surface area contributed by atoms with Crippen molar-refractivity contribution < 1.29 is 12.3 Å². The zero-order chi connectivity index (χ0) is 10.8. The minimum atomic E-state index is -4.25. The third-order valence-electron chi connectivity index (χ3n) is 3.23. The van der Waals surface area contributed by atoms with E-state index >= 15 is 0 Å². The molecule has 0 aromatic rings. The maximum atomic E-state index is 12.3. The molecule has 1 aliphatic rings. The van der Waals surface area contributed by atoms with Gasteiger partial charge in [-0.25, -0.2) is 0 Å². The zero-order valence-electron chi connectivity index (χ0n) is 8.92. The number of hydrogen-bond acceptors (Lipinski definition) is 2.